The van der Waals surface area contributed by atoms with Crippen LogP contribution in [-0.2, 0) is 19.6 Å². The topological polar surface area (TPSA) is 25.2 Å². The molecular formula is C21H18BrNO. The third kappa shape index (κ3) is 2.74. The van der Waals surface area contributed by atoms with Gasteiger partial charge < -0.3 is 9.67 Å². The molecule has 0 spiro atoms. The van der Waals surface area contributed by atoms with Gasteiger partial charge in [-0.1, -0.05) is 52.3 Å². The van der Waals surface area contributed by atoms with Crippen molar-refractivity contribution in [2.75, 3.05) is 0 Å². The first-order valence-corrected chi connectivity index (χ1v) is 8.91. The summed E-state index contributed by atoms with van der Waals surface area (Å²) in [6.07, 6.45) is 0.989. The third-order valence-electron chi connectivity index (χ3n) is 4.56. The summed E-state index contributed by atoms with van der Waals surface area (Å²) in [6, 6.07) is 23.3. The predicted molar refractivity (Wildman–Crippen MR) is 103 cm³/mol. The number of hydrogen-bond acceptors (Lipinski definition) is 1. The fraction of sp³-hybridized carbons (Fsp3) is 0.143. The minimum Gasteiger partial charge on any atom is -0.392 e. The first-order chi connectivity index (χ1) is 11.8. The molecule has 0 atom stereocenters. The SMILES string of the molecule is OCc1ccc2c(c1)c1ccccc1n2CCc1ccc(Br)cc1. The molecule has 4 rings (SSSR count). The summed E-state index contributed by atoms with van der Waals surface area (Å²) in [4.78, 5) is 0. The molecule has 0 bridgehead atoms. The molecule has 0 aliphatic heterocycles. The standard InChI is InChI=1S/C21H18BrNO/c22-17-8-5-15(6-9-17)11-12-23-20-4-2-1-3-18(20)19-13-16(14-24)7-10-21(19)23/h1-10,13,24H,11-12,14H2. The largest absolute Gasteiger partial charge is 0.392 e. The molecule has 0 fully saturated rings. The van der Waals surface area contributed by atoms with Gasteiger partial charge in [-0.05, 0) is 47.9 Å². The Labute approximate surface area is 149 Å². The van der Waals surface area contributed by atoms with Crippen molar-refractivity contribution in [1.82, 2.24) is 4.57 Å². The van der Waals surface area contributed by atoms with Gasteiger partial charge in [0, 0.05) is 32.8 Å². The van der Waals surface area contributed by atoms with Crippen LogP contribution in [0.15, 0.2) is 71.2 Å². The van der Waals surface area contributed by atoms with Gasteiger partial charge in [-0.15, -0.1) is 0 Å². The highest BCUT2D eigenvalue weighted by Gasteiger charge is 2.10. The number of aryl methyl sites for hydroxylation is 2. The predicted octanol–water partition coefficient (Wildman–Crippen LogP) is 5.29. The number of aromatic nitrogens is 1. The van der Waals surface area contributed by atoms with Crippen molar-refractivity contribution in [3.8, 4) is 0 Å². The van der Waals surface area contributed by atoms with Gasteiger partial charge in [0.1, 0.15) is 0 Å². The first-order valence-electron chi connectivity index (χ1n) is 8.11. The molecule has 120 valence electrons. The van der Waals surface area contributed by atoms with Crippen LogP contribution in [0.3, 0.4) is 0 Å². The average Bonchev–Trinajstić information content (AvgIpc) is 2.94. The lowest BCUT2D eigenvalue weighted by Crippen LogP contribution is -2.01. The number of nitrogens with zero attached hydrogens (tertiary/aromatic N) is 1. The Morgan fingerprint density at radius 2 is 1.50 bits per heavy atom. The van der Waals surface area contributed by atoms with Crippen molar-refractivity contribution in [1.29, 1.82) is 0 Å². The minimum absolute atomic E-state index is 0.0777. The molecular weight excluding hydrogens is 362 g/mol. The molecule has 1 aromatic heterocycles. The van der Waals surface area contributed by atoms with Gasteiger partial charge in [-0.3, -0.25) is 0 Å². The van der Waals surface area contributed by atoms with Crippen molar-refractivity contribution in [2.24, 2.45) is 0 Å². The van der Waals surface area contributed by atoms with Crippen LogP contribution in [0.4, 0.5) is 0 Å². The lowest BCUT2D eigenvalue weighted by atomic mass is 10.1. The van der Waals surface area contributed by atoms with Gasteiger partial charge in [0.2, 0.25) is 0 Å². The number of aliphatic hydroxyl groups is 1. The number of rotatable bonds is 4. The summed E-state index contributed by atoms with van der Waals surface area (Å²) in [5, 5.41) is 11.9. The molecule has 0 unspecified atom stereocenters. The van der Waals surface area contributed by atoms with E-state index in [1.54, 1.807) is 0 Å². The van der Waals surface area contributed by atoms with E-state index in [0.29, 0.717) is 0 Å². The van der Waals surface area contributed by atoms with E-state index in [0.717, 1.165) is 23.0 Å². The third-order valence-corrected chi connectivity index (χ3v) is 5.09. The fourth-order valence-corrected chi connectivity index (χ4v) is 3.60. The van der Waals surface area contributed by atoms with Crippen LogP contribution in [-0.4, -0.2) is 9.67 Å². The second-order valence-electron chi connectivity index (χ2n) is 6.05. The van der Waals surface area contributed by atoms with Crippen LogP contribution in [0, 0.1) is 0 Å². The number of halogens is 1. The van der Waals surface area contributed by atoms with E-state index >= 15 is 0 Å². The van der Waals surface area contributed by atoms with E-state index in [9.17, 15) is 5.11 Å². The Kier molecular flexibility index (Phi) is 4.13. The number of benzene rings is 3. The Balaban J connectivity index is 1.79. The summed E-state index contributed by atoms with van der Waals surface area (Å²) in [7, 11) is 0. The summed E-state index contributed by atoms with van der Waals surface area (Å²) in [6.45, 7) is 1.01. The molecule has 0 radical (unpaired) electrons. The van der Waals surface area contributed by atoms with Gasteiger partial charge in [0.05, 0.1) is 6.61 Å². The first kappa shape index (κ1) is 15.4. The van der Waals surface area contributed by atoms with Crippen LogP contribution in [0.1, 0.15) is 11.1 Å². The molecule has 2 nitrogen and oxygen atoms in total. The van der Waals surface area contributed by atoms with Gasteiger partial charge in [0.25, 0.3) is 0 Å². The summed E-state index contributed by atoms with van der Waals surface area (Å²) in [5.41, 5.74) is 4.76. The molecule has 1 N–H and O–H groups in total. The van der Waals surface area contributed by atoms with Crippen LogP contribution in [0.25, 0.3) is 21.8 Å². The quantitative estimate of drug-likeness (QED) is 0.511. The molecule has 3 aromatic carbocycles. The van der Waals surface area contributed by atoms with Gasteiger partial charge in [0.15, 0.2) is 0 Å². The zero-order valence-electron chi connectivity index (χ0n) is 13.2. The average molecular weight is 380 g/mol. The lowest BCUT2D eigenvalue weighted by molar-refractivity contribution is 0.282. The van der Waals surface area contributed by atoms with Crippen LogP contribution in [0.5, 0.6) is 0 Å². The maximum atomic E-state index is 9.44. The Morgan fingerprint density at radius 3 is 2.29 bits per heavy atom. The minimum atomic E-state index is 0.0777. The Hall–Kier alpha value is -2.10. The number of aliphatic hydroxyl groups excluding tert-OH is 1. The van der Waals surface area contributed by atoms with Gasteiger partial charge >= 0.3 is 0 Å². The molecule has 0 amide bonds. The smallest absolute Gasteiger partial charge is 0.0682 e. The fourth-order valence-electron chi connectivity index (χ4n) is 3.33. The molecule has 0 aliphatic rings. The molecule has 4 aromatic rings. The van der Waals surface area contributed by atoms with Crippen molar-refractivity contribution < 1.29 is 5.11 Å². The molecule has 24 heavy (non-hydrogen) atoms. The van der Waals surface area contributed by atoms with E-state index in [2.05, 4.69) is 81.2 Å². The summed E-state index contributed by atoms with van der Waals surface area (Å²) >= 11 is 3.49. The normalized spacial score (nSPS) is 11.4. The number of fused-ring (bicyclic) bond motifs is 3. The van der Waals surface area contributed by atoms with Crippen molar-refractivity contribution in [3.63, 3.8) is 0 Å². The lowest BCUT2D eigenvalue weighted by Gasteiger charge is -2.08. The molecule has 1 heterocycles. The second kappa shape index (κ2) is 6.42. The van der Waals surface area contributed by atoms with Crippen molar-refractivity contribution in [2.45, 2.75) is 19.6 Å². The van der Waals surface area contributed by atoms with Crippen LogP contribution in [0.2, 0.25) is 0 Å². The summed E-state index contributed by atoms with van der Waals surface area (Å²) < 4.78 is 3.49. The van der Waals surface area contributed by atoms with E-state index in [1.165, 1.54) is 27.4 Å². The molecule has 3 heteroatoms. The molecule has 0 aliphatic carbocycles. The highest BCUT2D eigenvalue weighted by atomic mass is 79.9. The highest BCUT2D eigenvalue weighted by molar-refractivity contribution is 9.10. The highest BCUT2D eigenvalue weighted by Crippen LogP contribution is 2.30. The van der Waals surface area contributed by atoms with Gasteiger partial charge in [-0.2, -0.15) is 0 Å². The number of para-hydroxylation sites is 1. The maximum absolute atomic E-state index is 9.44. The van der Waals surface area contributed by atoms with Crippen LogP contribution >= 0.6 is 15.9 Å². The maximum Gasteiger partial charge on any atom is 0.0682 e. The van der Waals surface area contributed by atoms with Gasteiger partial charge in [-0.25, -0.2) is 0 Å². The Morgan fingerprint density at radius 1 is 0.792 bits per heavy atom. The monoisotopic (exact) mass is 379 g/mol. The van der Waals surface area contributed by atoms with Crippen LogP contribution < -0.4 is 0 Å². The van der Waals surface area contributed by atoms with E-state index in [-0.39, 0.29) is 6.61 Å². The zero-order valence-corrected chi connectivity index (χ0v) is 14.8. The zero-order chi connectivity index (χ0) is 16.5. The second-order valence-corrected chi connectivity index (χ2v) is 6.97. The number of hydrogen-bond donors (Lipinski definition) is 1. The molecule has 0 saturated carbocycles. The van der Waals surface area contributed by atoms with Crippen molar-refractivity contribution >= 4 is 37.7 Å². The Bertz CT molecular complexity index is 1000. The molecule has 0 saturated heterocycles. The van der Waals surface area contributed by atoms with E-state index in [1.807, 2.05) is 6.07 Å². The summed E-state index contributed by atoms with van der Waals surface area (Å²) in [5.74, 6) is 0. The van der Waals surface area contributed by atoms with Crippen molar-refractivity contribution in [3.05, 3.63) is 82.3 Å². The van der Waals surface area contributed by atoms with E-state index < -0.39 is 0 Å². The van der Waals surface area contributed by atoms with E-state index in [4.69, 9.17) is 0 Å².